The van der Waals surface area contributed by atoms with Crippen LogP contribution < -0.4 is 5.73 Å². The average Bonchev–Trinajstić information content (AvgIpc) is 3.18. The number of nitrogens with two attached hydrogens (primary N) is 1. The van der Waals surface area contributed by atoms with Crippen LogP contribution in [0.25, 0.3) is 0 Å². The zero-order chi connectivity index (χ0) is 20.7. The van der Waals surface area contributed by atoms with Gasteiger partial charge >= 0.3 is 0 Å². The summed E-state index contributed by atoms with van der Waals surface area (Å²) in [6, 6.07) is 7.63. The van der Waals surface area contributed by atoms with E-state index in [2.05, 4.69) is 0 Å². The van der Waals surface area contributed by atoms with Gasteiger partial charge in [0.25, 0.3) is 0 Å². The van der Waals surface area contributed by atoms with Crippen molar-refractivity contribution in [2.24, 2.45) is 5.73 Å². The van der Waals surface area contributed by atoms with E-state index in [-0.39, 0.29) is 42.8 Å². The molecule has 1 unspecified atom stereocenters. The maximum absolute atomic E-state index is 13.4. The van der Waals surface area contributed by atoms with Gasteiger partial charge in [0.05, 0.1) is 4.88 Å². The molecule has 6 nitrogen and oxygen atoms in total. The smallest absolute Gasteiger partial charge is 0.244 e. The number of ketones is 2. The normalized spacial score (nSPS) is 11.6. The highest BCUT2D eigenvalue weighted by molar-refractivity contribution is 7.12. The molecule has 1 heterocycles. The summed E-state index contributed by atoms with van der Waals surface area (Å²) in [5.74, 6) is -2.13. The topological polar surface area (TPSA) is 97.5 Å². The minimum Gasteiger partial charge on any atom is -0.368 e. The van der Waals surface area contributed by atoms with Crippen molar-refractivity contribution >= 4 is 34.7 Å². The lowest BCUT2D eigenvalue weighted by Gasteiger charge is -2.26. The SMILES string of the molecule is CN(C(=O)CCC(=O)CCC(=O)c1cccs1)C(C(N)=O)c1cccc(F)c1. The number of rotatable bonds is 10. The predicted molar refractivity (Wildman–Crippen MR) is 103 cm³/mol. The zero-order valence-electron chi connectivity index (χ0n) is 15.4. The Morgan fingerprint density at radius 3 is 2.39 bits per heavy atom. The van der Waals surface area contributed by atoms with Gasteiger partial charge in [0.1, 0.15) is 17.6 Å². The van der Waals surface area contributed by atoms with Gasteiger partial charge in [-0.15, -0.1) is 11.3 Å². The van der Waals surface area contributed by atoms with Crippen molar-refractivity contribution in [2.75, 3.05) is 7.05 Å². The molecule has 2 N–H and O–H groups in total. The predicted octanol–water partition coefficient (Wildman–Crippen LogP) is 2.88. The van der Waals surface area contributed by atoms with Gasteiger partial charge in [-0.1, -0.05) is 18.2 Å². The minimum atomic E-state index is -1.13. The Hall–Kier alpha value is -2.87. The van der Waals surface area contributed by atoms with Crippen molar-refractivity contribution in [3.05, 3.63) is 58.0 Å². The van der Waals surface area contributed by atoms with E-state index in [0.29, 0.717) is 4.88 Å². The lowest BCUT2D eigenvalue weighted by Crippen LogP contribution is -2.39. The summed E-state index contributed by atoms with van der Waals surface area (Å²) in [6.07, 6.45) is -0.0232. The second kappa shape index (κ2) is 9.89. The Kier molecular flexibility index (Phi) is 7.57. The number of primary amides is 1. The Labute approximate surface area is 166 Å². The minimum absolute atomic E-state index is 0.0461. The molecule has 28 heavy (non-hydrogen) atoms. The van der Waals surface area contributed by atoms with Crippen molar-refractivity contribution < 1.29 is 23.6 Å². The fourth-order valence-electron chi connectivity index (χ4n) is 2.76. The van der Waals surface area contributed by atoms with Crippen LogP contribution in [0.15, 0.2) is 41.8 Å². The first-order chi connectivity index (χ1) is 13.3. The summed E-state index contributed by atoms with van der Waals surface area (Å²) in [5, 5.41) is 1.79. The van der Waals surface area contributed by atoms with Crippen LogP contribution in [0.5, 0.6) is 0 Å². The summed E-state index contributed by atoms with van der Waals surface area (Å²) >= 11 is 1.32. The fourth-order valence-corrected chi connectivity index (χ4v) is 3.45. The number of halogens is 1. The highest BCUT2D eigenvalue weighted by Crippen LogP contribution is 2.21. The monoisotopic (exact) mass is 404 g/mol. The summed E-state index contributed by atoms with van der Waals surface area (Å²) in [7, 11) is 1.38. The Morgan fingerprint density at radius 1 is 1.07 bits per heavy atom. The number of amides is 2. The molecule has 0 aliphatic carbocycles. The maximum Gasteiger partial charge on any atom is 0.244 e. The molecule has 2 amide bonds. The first kappa shape index (κ1) is 21.4. The molecule has 8 heteroatoms. The number of carbonyl (C=O) groups is 4. The Morgan fingerprint density at radius 2 is 1.79 bits per heavy atom. The first-order valence-electron chi connectivity index (χ1n) is 8.68. The lowest BCUT2D eigenvalue weighted by molar-refractivity contribution is -0.138. The molecule has 0 saturated carbocycles. The second-order valence-electron chi connectivity index (χ2n) is 6.30. The van der Waals surface area contributed by atoms with Gasteiger partial charge in [-0.25, -0.2) is 4.39 Å². The molecule has 0 spiro atoms. The van der Waals surface area contributed by atoms with Crippen LogP contribution in [0, 0.1) is 5.82 Å². The number of Topliss-reactive ketones (excluding diaryl/α,β-unsaturated/α-hetero) is 2. The van der Waals surface area contributed by atoms with Crippen molar-refractivity contribution in [3.8, 4) is 0 Å². The van der Waals surface area contributed by atoms with Gasteiger partial charge in [0.15, 0.2) is 5.78 Å². The molecule has 2 rings (SSSR count). The Balaban J connectivity index is 1.89. The molecule has 0 saturated heterocycles. The standard InChI is InChI=1S/C20H21FN2O4S/c1-23(19(20(22)27)13-4-2-5-14(21)12-13)18(26)10-8-15(24)7-9-16(25)17-6-3-11-28-17/h2-6,11-12,19H,7-10H2,1H3,(H2,22,27). The molecule has 1 aromatic carbocycles. The highest BCUT2D eigenvalue weighted by Gasteiger charge is 2.27. The van der Waals surface area contributed by atoms with Gasteiger partial charge in [-0.2, -0.15) is 0 Å². The van der Waals surface area contributed by atoms with Crippen LogP contribution in [0.2, 0.25) is 0 Å². The third kappa shape index (κ3) is 5.82. The van der Waals surface area contributed by atoms with Crippen LogP contribution in [0.1, 0.15) is 47.0 Å². The van der Waals surface area contributed by atoms with Crippen LogP contribution in [-0.4, -0.2) is 35.3 Å². The summed E-state index contributed by atoms with van der Waals surface area (Å²) in [5.41, 5.74) is 5.64. The van der Waals surface area contributed by atoms with E-state index in [9.17, 15) is 23.6 Å². The molecular weight excluding hydrogens is 383 g/mol. The molecule has 148 valence electrons. The van der Waals surface area contributed by atoms with E-state index in [4.69, 9.17) is 5.73 Å². The molecule has 0 aliphatic heterocycles. The molecule has 0 bridgehead atoms. The van der Waals surface area contributed by atoms with Crippen LogP contribution in [0.4, 0.5) is 4.39 Å². The van der Waals surface area contributed by atoms with E-state index in [0.717, 1.165) is 11.0 Å². The average molecular weight is 404 g/mol. The molecule has 0 radical (unpaired) electrons. The summed E-state index contributed by atoms with van der Waals surface area (Å²) < 4.78 is 13.4. The van der Waals surface area contributed by atoms with Gasteiger partial charge in [0.2, 0.25) is 11.8 Å². The third-order valence-corrected chi connectivity index (χ3v) is 5.17. The number of carbonyl (C=O) groups excluding carboxylic acids is 4. The van der Waals surface area contributed by atoms with Crippen molar-refractivity contribution in [1.82, 2.24) is 4.90 Å². The van der Waals surface area contributed by atoms with E-state index >= 15 is 0 Å². The number of nitrogens with zero attached hydrogens (tertiary/aromatic N) is 1. The second-order valence-corrected chi connectivity index (χ2v) is 7.25. The van der Waals surface area contributed by atoms with E-state index in [1.807, 2.05) is 0 Å². The molecular formula is C20H21FN2O4S. The lowest BCUT2D eigenvalue weighted by atomic mass is 10.0. The molecule has 0 aliphatic rings. The number of benzene rings is 1. The molecule has 1 aromatic heterocycles. The first-order valence-corrected chi connectivity index (χ1v) is 9.56. The van der Waals surface area contributed by atoms with Gasteiger partial charge < -0.3 is 10.6 Å². The number of likely N-dealkylation sites (N-methyl/N-ethyl adjacent to an activating group) is 1. The molecule has 2 aromatic rings. The van der Waals surface area contributed by atoms with Gasteiger partial charge in [-0.3, -0.25) is 19.2 Å². The highest BCUT2D eigenvalue weighted by atomic mass is 32.1. The van der Waals surface area contributed by atoms with Crippen LogP contribution >= 0.6 is 11.3 Å². The van der Waals surface area contributed by atoms with E-state index in [1.54, 1.807) is 17.5 Å². The van der Waals surface area contributed by atoms with Crippen LogP contribution in [-0.2, 0) is 14.4 Å². The van der Waals surface area contributed by atoms with Crippen LogP contribution in [0.3, 0.4) is 0 Å². The molecule has 1 atom stereocenters. The maximum atomic E-state index is 13.4. The number of hydrogen-bond acceptors (Lipinski definition) is 5. The van der Waals surface area contributed by atoms with Crippen molar-refractivity contribution in [1.29, 1.82) is 0 Å². The summed E-state index contributed by atoms with van der Waals surface area (Å²) in [4.78, 5) is 49.8. The third-order valence-electron chi connectivity index (χ3n) is 4.26. The van der Waals surface area contributed by atoms with Crippen molar-refractivity contribution in [2.45, 2.75) is 31.7 Å². The van der Waals surface area contributed by atoms with Crippen molar-refractivity contribution in [3.63, 3.8) is 0 Å². The Bertz CT molecular complexity index is 867. The fraction of sp³-hybridized carbons (Fsp3) is 0.300. The van der Waals surface area contributed by atoms with E-state index in [1.165, 1.54) is 36.6 Å². The molecule has 0 fully saturated rings. The quantitative estimate of drug-likeness (QED) is 0.616. The zero-order valence-corrected chi connectivity index (χ0v) is 16.2. The van der Waals surface area contributed by atoms with E-state index < -0.39 is 23.7 Å². The van der Waals surface area contributed by atoms with Gasteiger partial charge in [-0.05, 0) is 29.1 Å². The largest absolute Gasteiger partial charge is 0.368 e. The number of hydrogen-bond donors (Lipinski definition) is 1. The number of thiophene rings is 1. The summed E-state index contributed by atoms with van der Waals surface area (Å²) in [6.45, 7) is 0. The van der Waals surface area contributed by atoms with Gasteiger partial charge in [0, 0.05) is 32.7 Å².